The molecule has 22 heavy (non-hydrogen) atoms. The fourth-order valence-corrected chi connectivity index (χ4v) is 2.85. The molecule has 6 heteroatoms. The number of nitrogens with one attached hydrogen (secondary N) is 2. The Hall–Kier alpha value is -1.92. The molecule has 2 amide bonds. The van der Waals surface area contributed by atoms with E-state index in [0.29, 0.717) is 6.54 Å². The van der Waals surface area contributed by atoms with E-state index in [9.17, 15) is 9.90 Å². The number of amides is 2. The van der Waals surface area contributed by atoms with E-state index in [1.165, 1.54) is 0 Å². The second kappa shape index (κ2) is 6.06. The standard InChI is InChI=1S/C16H19N3O2S/c1-11-18-14(8-22-11)12-2-4-13(5-3-12)19-15(21)17-9-16(10-20)6-7-16/h2-5,8,20H,6-7,9-10H2,1H3,(H2,17,19,21). The predicted octanol–water partition coefficient (Wildman–Crippen LogP) is 3.01. The second-order valence-electron chi connectivity index (χ2n) is 5.79. The Morgan fingerprint density at radius 3 is 2.64 bits per heavy atom. The molecule has 1 saturated carbocycles. The summed E-state index contributed by atoms with van der Waals surface area (Å²) < 4.78 is 0. The summed E-state index contributed by atoms with van der Waals surface area (Å²) in [6.07, 6.45) is 1.96. The lowest BCUT2D eigenvalue weighted by molar-refractivity contribution is 0.206. The number of carbonyl (C=O) groups excluding carboxylic acids is 1. The molecule has 0 saturated heterocycles. The fourth-order valence-electron chi connectivity index (χ4n) is 2.23. The van der Waals surface area contributed by atoms with Gasteiger partial charge in [-0.2, -0.15) is 0 Å². The maximum atomic E-state index is 11.8. The molecule has 1 aromatic carbocycles. The van der Waals surface area contributed by atoms with E-state index in [4.69, 9.17) is 0 Å². The maximum Gasteiger partial charge on any atom is 0.319 e. The van der Waals surface area contributed by atoms with Crippen molar-refractivity contribution >= 4 is 23.1 Å². The molecule has 2 aromatic rings. The van der Waals surface area contributed by atoms with E-state index < -0.39 is 0 Å². The van der Waals surface area contributed by atoms with Crippen LogP contribution in [0.15, 0.2) is 29.6 Å². The number of aliphatic hydroxyl groups excluding tert-OH is 1. The van der Waals surface area contributed by atoms with Gasteiger partial charge >= 0.3 is 6.03 Å². The number of benzene rings is 1. The Labute approximate surface area is 133 Å². The van der Waals surface area contributed by atoms with Gasteiger partial charge in [-0.1, -0.05) is 12.1 Å². The van der Waals surface area contributed by atoms with Crippen molar-refractivity contribution in [1.29, 1.82) is 0 Å². The Kier molecular flexibility index (Phi) is 4.13. The zero-order valence-electron chi connectivity index (χ0n) is 12.4. The minimum atomic E-state index is -0.239. The topological polar surface area (TPSA) is 74.2 Å². The highest BCUT2D eigenvalue weighted by Gasteiger charge is 2.42. The van der Waals surface area contributed by atoms with Crippen molar-refractivity contribution in [3.8, 4) is 11.3 Å². The van der Waals surface area contributed by atoms with Gasteiger partial charge < -0.3 is 15.7 Å². The van der Waals surface area contributed by atoms with Crippen molar-refractivity contribution < 1.29 is 9.90 Å². The Morgan fingerprint density at radius 2 is 2.09 bits per heavy atom. The molecule has 5 nitrogen and oxygen atoms in total. The molecule has 1 heterocycles. The Morgan fingerprint density at radius 1 is 1.36 bits per heavy atom. The average molecular weight is 317 g/mol. The average Bonchev–Trinajstić information content (AvgIpc) is 3.19. The van der Waals surface area contributed by atoms with Crippen molar-refractivity contribution in [2.45, 2.75) is 19.8 Å². The first-order chi connectivity index (χ1) is 10.6. The summed E-state index contributed by atoms with van der Waals surface area (Å²) in [7, 11) is 0. The molecule has 0 unspecified atom stereocenters. The number of anilines is 1. The van der Waals surface area contributed by atoms with E-state index in [2.05, 4.69) is 15.6 Å². The zero-order valence-corrected chi connectivity index (χ0v) is 13.2. The molecule has 3 N–H and O–H groups in total. The van der Waals surface area contributed by atoms with Gasteiger partial charge in [0, 0.05) is 28.6 Å². The quantitative estimate of drug-likeness (QED) is 0.793. The van der Waals surface area contributed by atoms with Crippen LogP contribution in [0.4, 0.5) is 10.5 Å². The Bertz CT molecular complexity index is 662. The SMILES string of the molecule is Cc1nc(-c2ccc(NC(=O)NCC3(CO)CC3)cc2)cs1. The number of thiazole rings is 1. The van der Waals surface area contributed by atoms with Gasteiger partial charge in [0.2, 0.25) is 0 Å². The highest BCUT2D eigenvalue weighted by molar-refractivity contribution is 7.09. The number of aliphatic hydroxyl groups is 1. The third-order valence-corrected chi connectivity index (χ3v) is 4.75. The van der Waals surface area contributed by atoms with Gasteiger partial charge in [-0.3, -0.25) is 0 Å². The van der Waals surface area contributed by atoms with Crippen LogP contribution in [-0.2, 0) is 0 Å². The van der Waals surface area contributed by atoms with Crippen LogP contribution in [0.3, 0.4) is 0 Å². The minimum absolute atomic E-state index is 0.0797. The third-order valence-electron chi connectivity index (χ3n) is 3.97. The van der Waals surface area contributed by atoms with Crippen LogP contribution in [0.25, 0.3) is 11.3 Å². The smallest absolute Gasteiger partial charge is 0.319 e. The molecule has 1 aliphatic carbocycles. The van der Waals surface area contributed by atoms with Crippen molar-refractivity contribution in [1.82, 2.24) is 10.3 Å². The highest BCUT2D eigenvalue weighted by atomic mass is 32.1. The van der Waals surface area contributed by atoms with E-state index in [0.717, 1.165) is 34.8 Å². The summed E-state index contributed by atoms with van der Waals surface area (Å²) in [4.78, 5) is 16.3. The number of aromatic nitrogens is 1. The first-order valence-corrected chi connectivity index (χ1v) is 8.16. The van der Waals surface area contributed by atoms with Crippen LogP contribution in [0.5, 0.6) is 0 Å². The normalized spacial score (nSPS) is 15.4. The molecule has 1 aliphatic rings. The van der Waals surface area contributed by atoms with Crippen LogP contribution < -0.4 is 10.6 Å². The van der Waals surface area contributed by atoms with Crippen molar-refractivity contribution in [2.75, 3.05) is 18.5 Å². The monoisotopic (exact) mass is 317 g/mol. The van der Waals surface area contributed by atoms with Gasteiger partial charge in [-0.25, -0.2) is 9.78 Å². The first kappa shape index (κ1) is 15.0. The summed E-state index contributed by atoms with van der Waals surface area (Å²) in [5, 5.41) is 17.9. The molecule has 1 aromatic heterocycles. The number of urea groups is 1. The van der Waals surface area contributed by atoms with E-state index in [1.807, 2.05) is 36.6 Å². The van der Waals surface area contributed by atoms with Gasteiger partial charge in [-0.15, -0.1) is 11.3 Å². The fraction of sp³-hybridized carbons (Fsp3) is 0.375. The van der Waals surface area contributed by atoms with Crippen LogP contribution in [0.1, 0.15) is 17.8 Å². The largest absolute Gasteiger partial charge is 0.396 e. The molecule has 3 rings (SSSR count). The lowest BCUT2D eigenvalue weighted by Gasteiger charge is -2.13. The third kappa shape index (κ3) is 3.45. The maximum absolute atomic E-state index is 11.8. The number of hydrogen-bond acceptors (Lipinski definition) is 4. The number of rotatable bonds is 5. The summed E-state index contributed by atoms with van der Waals surface area (Å²) in [6.45, 7) is 2.63. The molecule has 0 atom stereocenters. The molecule has 0 bridgehead atoms. The van der Waals surface area contributed by atoms with Crippen molar-refractivity contribution in [2.24, 2.45) is 5.41 Å². The van der Waals surface area contributed by atoms with Crippen LogP contribution >= 0.6 is 11.3 Å². The van der Waals surface area contributed by atoms with Crippen molar-refractivity contribution in [3.05, 3.63) is 34.7 Å². The van der Waals surface area contributed by atoms with Crippen LogP contribution in [0, 0.1) is 12.3 Å². The van der Waals surface area contributed by atoms with E-state index in [-0.39, 0.29) is 18.1 Å². The highest BCUT2D eigenvalue weighted by Crippen LogP contribution is 2.44. The first-order valence-electron chi connectivity index (χ1n) is 7.29. The number of nitrogens with zero attached hydrogens (tertiary/aromatic N) is 1. The molecule has 0 radical (unpaired) electrons. The van der Waals surface area contributed by atoms with Crippen LogP contribution in [-0.4, -0.2) is 29.3 Å². The second-order valence-corrected chi connectivity index (χ2v) is 6.86. The summed E-state index contributed by atoms with van der Waals surface area (Å²) in [5.41, 5.74) is 2.65. The molecule has 0 spiro atoms. The molecular formula is C16H19N3O2S. The zero-order chi connectivity index (χ0) is 15.6. The van der Waals surface area contributed by atoms with Crippen molar-refractivity contribution in [3.63, 3.8) is 0 Å². The van der Waals surface area contributed by atoms with Gasteiger partial charge in [0.25, 0.3) is 0 Å². The van der Waals surface area contributed by atoms with E-state index in [1.54, 1.807) is 11.3 Å². The van der Waals surface area contributed by atoms with Gasteiger partial charge in [-0.05, 0) is 31.9 Å². The van der Waals surface area contributed by atoms with Crippen LogP contribution in [0.2, 0.25) is 0 Å². The molecule has 1 fully saturated rings. The van der Waals surface area contributed by atoms with Gasteiger partial charge in [0.05, 0.1) is 17.3 Å². The number of hydrogen-bond donors (Lipinski definition) is 3. The molecule has 0 aliphatic heterocycles. The molecule has 116 valence electrons. The Balaban J connectivity index is 1.55. The van der Waals surface area contributed by atoms with E-state index >= 15 is 0 Å². The molecular weight excluding hydrogens is 298 g/mol. The summed E-state index contributed by atoms with van der Waals surface area (Å²) >= 11 is 1.62. The summed E-state index contributed by atoms with van der Waals surface area (Å²) in [6, 6.07) is 7.38. The van der Waals surface area contributed by atoms with Gasteiger partial charge in [0.15, 0.2) is 0 Å². The number of carbonyl (C=O) groups is 1. The lowest BCUT2D eigenvalue weighted by Crippen LogP contribution is -2.35. The number of aryl methyl sites for hydroxylation is 1. The predicted molar refractivity (Wildman–Crippen MR) is 88.1 cm³/mol. The van der Waals surface area contributed by atoms with Gasteiger partial charge in [0.1, 0.15) is 0 Å². The minimum Gasteiger partial charge on any atom is -0.396 e. The summed E-state index contributed by atoms with van der Waals surface area (Å²) in [5.74, 6) is 0. The lowest BCUT2D eigenvalue weighted by atomic mass is 10.1.